The lowest BCUT2D eigenvalue weighted by atomic mass is 10.0. The lowest BCUT2D eigenvalue weighted by Gasteiger charge is -2.16. The first-order valence-electron chi connectivity index (χ1n) is 13.0. The molecule has 0 spiro atoms. The molecule has 3 N–H and O–H groups in total. The van der Waals surface area contributed by atoms with Crippen molar-refractivity contribution in [2.75, 3.05) is 13.6 Å². The van der Waals surface area contributed by atoms with E-state index in [1.807, 2.05) is 43.3 Å². The number of carboxylic acid groups (broad SMARTS) is 1. The first-order valence-corrected chi connectivity index (χ1v) is 13.8. The SMILES string of the molecule is CCC(Cc1cccc(C(=O)NCC(=O)CC[C@H](NC(=O)c2c(Cl)cc(-c3ccccc3)cc2Cl)C(=O)O)c1)=NC. The van der Waals surface area contributed by atoms with Crippen molar-refractivity contribution in [2.45, 2.75) is 38.6 Å². The minimum atomic E-state index is -1.37. The minimum absolute atomic E-state index is 0.0589. The number of hydrogen-bond donors (Lipinski definition) is 3. The summed E-state index contributed by atoms with van der Waals surface area (Å²) in [6.45, 7) is 1.73. The van der Waals surface area contributed by atoms with Crippen LogP contribution in [0.5, 0.6) is 0 Å². The third-order valence-corrected chi connectivity index (χ3v) is 7.06. The monoisotopic (exact) mass is 595 g/mol. The topological polar surface area (TPSA) is 125 Å². The van der Waals surface area contributed by atoms with Crippen molar-refractivity contribution in [3.05, 3.63) is 93.5 Å². The highest BCUT2D eigenvalue weighted by molar-refractivity contribution is 6.40. The molecule has 0 aliphatic carbocycles. The molecule has 1 atom stereocenters. The molecule has 0 heterocycles. The van der Waals surface area contributed by atoms with Crippen molar-refractivity contribution in [1.82, 2.24) is 10.6 Å². The molecular formula is C31H31Cl2N3O5. The highest BCUT2D eigenvalue weighted by atomic mass is 35.5. The van der Waals surface area contributed by atoms with Gasteiger partial charge >= 0.3 is 5.97 Å². The molecule has 0 bridgehead atoms. The number of aliphatic carboxylic acids is 1. The Morgan fingerprint density at radius 3 is 2.20 bits per heavy atom. The standard InChI is InChI=1S/C31H31Cl2N3O5/c1-3-23(34-2)15-19-8-7-11-21(14-19)29(38)35-18-24(37)12-13-27(31(40)41)36-30(39)28-25(32)16-22(17-26(28)33)20-9-5-4-6-10-20/h4-11,14,16-17,27H,3,12-13,15,18H2,1-2H3,(H,35,38)(H,36,39)(H,40,41)/t27-/m0/s1. The number of benzene rings is 3. The molecule has 0 unspecified atom stereocenters. The molecule has 2 amide bonds. The van der Waals surface area contributed by atoms with Crippen molar-refractivity contribution in [2.24, 2.45) is 4.99 Å². The summed E-state index contributed by atoms with van der Waals surface area (Å²) in [5.74, 6) is -2.89. The molecular weight excluding hydrogens is 565 g/mol. The first-order chi connectivity index (χ1) is 19.6. The van der Waals surface area contributed by atoms with Crippen LogP contribution in [-0.4, -0.2) is 54.0 Å². The molecule has 0 aromatic heterocycles. The van der Waals surface area contributed by atoms with Crippen molar-refractivity contribution in [3.63, 3.8) is 0 Å². The highest BCUT2D eigenvalue weighted by Gasteiger charge is 2.25. The number of carbonyl (C=O) groups excluding carboxylic acids is 3. The number of hydrogen-bond acceptors (Lipinski definition) is 5. The molecule has 0 radical (unpaired) electrons. The van der Waals surface area contributed by atoms with E-state index >= 15 is 0 Å². The van der Waals surface area contributed by atoms with Crippen LogP contribution in [0.4, 0.5) is 0 Å². The van der Waals surface area contributed by atoms with Gasteiger partial charge < -0.3 is 15.7 Å². The number of nitrogens with one attached hydrogen (secondary N) is 2. The molecule has 3 aromatic carbocycles. The van der Waals surface area contributed by atoms with Crippen molar-refractivity contribution < 1.29 is 24.3 Å². The average Bonchev–Trinajstić information content (AvgIpc) is 2.96. The summed E-state index contributed by atoms with van der Waals surface area (Å²) < 4.78 is 0. The lowest BCUT2D eigenvalue weighted by molar-refractivity contribution is -0.139. The molecule has 10 heteroatoms. The maximum atomic E-state index is 12.9. The number of halogens is 2. The van der Waals surface area contributed by atoms with Gasteiger partial charge in [0.2, 0.25) is 0 Å². The zero-order chi connectivity index (χ0) is 29.9. The number of carboxylic acids is 1. The summed E-state index contributed by atoms with van der Waals surface area (Å²) in [6, 6.07) is 18.2. The molecule has 41 heavy (non-hydrogen) atoms. The summed E-state index contributed by atoms with van der Waals surface area (Å²) in [4.78, 5) is 54.0. The van der Waals surface area contributed by atoms with E-state index < -0.39 is 23.8 Å². The van der Waals surface area contributed by atoms with E-state index in [0.717, 1.165) is 23.3 Å². The Hall–Kier alpha value is -4.01. The van der Waals surface area contributed by atoms with Gasteiger partial charge in [-0.05, 0) is 53.8 Å². The van der Waals surface area contributed by atoms with Crippen LogP contribution in [0.2, 0.25) is 10.0 Å². The molecule has 0 fully saturated rings. The van der Waals surface area contributed by atoms with Gasteiger partial charge in [0.05, 0.1) is 22.2 Å². The number of ketones is 1. The van der Waals surface area contributed by atoms with Gasteiger partial charge in [-0.25, -0.2) is 4.79 Å². The third kappa shape index (κ3) is 8.99. The van der Waals surface area contributed by atoms with Crippen LogP contribution in [-0.2, 0) is 16.0 Å². The molecule has 0 saturated carbocycles. The van der Waals surface area contributed by atoms with Crippen LogP contribution in [0.3, 0.4) is 0 Å². The first kappa shape index (κ1) is 31.5. The maximum Gasteiger partial charge on any atom is 0.326 e. The number of Topliss-reactive ketones (excluding diaryl/α,β-unsaturated/α-hetero) is 1. The quantitative estimate of drug-likeness (QED) is 0.220. The van der Waals surface area contributed by atoms with Crippen LogP contribution in [0.1, 0.15) is 52.5 Å². The Morgan fingerprint density at radius 1 is 0.902 bits per heavy atom. The Bertz CT molecular complexity index is 1430. The number of carbonyl (C=O) groups is 4. The van der Waals surface area contributed by atoms with Crippen molar-refractivity contribution in [3.8, 4) is 11.1 Å². The summed E-state index contributed by atoms with van der Waals surface area (Å²) in [5, 5.41) is 14.7. The van der Waals surface area contributed by atoms with E-state index in [0.29, 0.717) is 17.5 Å². The molecule has 0 aliphatic rings. The van der Waals surface area contributed by atoms with Crippen LogP contribution in [0.15, 0.2) is 71.7 Å². The zero-order valence-electron chi connectivity index (χ0n) is 22.7. The Balaban J connectivity index is 1.57. The second-order valence-corrected chi connectivity index (χ2v) is 10.1. The minimum Gasteiger partial charge on any atom is -0.480 e. The fourth-order valence-electron chi connectivity index (χ4n) is 4.17. The Labute approximate surface area is 248 Å². The van der Waals surface area contributed by atoms with E-state index in [4.69, 9.17) is 23.2 Å². The van der Waals surface area contributed by atoms with Gasteiger partial charge in [0.25, 0.3) is 11.8 Å². The number of nitrogens with zero attached hydrogens (tertiary/aromatic N) is 1. The van der Waals surface area contributed by atoms with Crippen LogP contribution in [0.25, 0.3) is 11.1 Å². The molecule has 214 valence electrons. The van der Waals surface area contributed by atoms with Gasteiger partial charge in [-0.3, -0.25) is 19.4 Å². The van der Waals surface area contributed by atoms with E-state index in [9.17, 15) is 24.3 Å². The van der Waals surface area contributed by atoms with E-state index in [2.05, 4.69) is 15.6 Å². The van der Waals surface area contributed by atoms with Crippen LogP contribution in [0, 0.1) is 0 Å². The van der Waals surface area contributed by atoms with Crippen molar-refractivity contribution in [1.29, 1.82) is 0 Å². The summed E-state index contributed by atoms with van der Waals surface area (Å²) >= 11 is 12.7. The van der Waals surface area contributed by atoms with Gasteiger partial charge in [-0.2, -0.15) is 0 Å². The number of aliphatic imine (C=N–C) groups is 1. The third-order valence-electron chi connectivity index (χ3n) is 6.46. The van der Waals surface area contributed by atoms with Crippen LogP contribution < -0.4 is 10.6 Å². The molecule has 0 aliphatic heterocycles. The Kier molecular flexibility index (Phi) is 11.6. The van der Waals surface area contributed by atoms with E-state index in [-0.39, 0.29) is 40.8 Å². The normalized spacial score (nSPS) is 12.0. The molecule has 0 saturated heterocycles. The number of amides is 2. The summed E-state index contributed by atoms with van der Waals surface area (Å²) in [5.41, 5.74) is 3.84. The van der Waals surface area contributed by atoms with E-state index in [1.54, 1.807) is 37.4 Å². The largest absolute Gasteiger partial charge is 0.480 e. The zero-order valence-corrected chi connectivity index (χ0v) is 24.3. The fourth-order valence-corrected chi connectivity index (χ4v) is 4.83. The molecule has 8 nitrogen and oxygen atoms in total. The van der Waals surface area contributed by atoms with Crippen molar-refractivity contribution >= 4 is 52.5 Å². The lowest BCUT2D eigenvalue weighted by Crippen LogP contribution is -2.41. The fraction of sp³-hybridized carbons (Fsp3) is 0.258. The highest BCUT2D eigenvalue weighted by Crippen LogP contribution is 2.32. The van der Waals surface area contributed by atoms with Gasteiger partial charge in [0.15, 0.2) is 5.78 Å². The smallest absolute Gasteiger partial charge is 0.326 e. The predicted octanol–water partition coefficient (Wildman–Crippen LogP) is 5.65. The number of rotatable bonds is 13. The van der Waals surface area contributed by atoms with Gasteiger partial charge in [0, 0.05) is 31.2 Å². The molecule has 3 rings (SSSR count). The summed E-state index contributed by atoms with van der Waals surface area (Å²) in [6.07, 6.45) is 1.07. The van der Waals surface area contributed by atoms with Crippen LogP contribution >= 0.6 is 23.2 Å². The van der Waals surface area contributed by atoms with Gasteiger partial charge in [-0.15, -0.1) is 0 Å². The second-order valence-electron chi connectivity index (χ2n) is 9.33. The van der Waals surface area contributed by atoms with Gasteiger partial charge in [-0.1, -0.05) is 72.6 Å². The molecule has 3 aromatic rings. The Morgan fingerprint density at radius 2 is 1.59 bits per heavy atom. The predicted molar refractivity (Wildman–Crippen MR) is 161 cm³/mol. The second kappa shape index (κ2) is 15.1. The average molecular weight is 597 g/mol. The summed E-state index contributed by atoms with van der Waals surface area (Å²) in [7, 11) is 1.73. The van der Waals surface area contributed by atoms with Gasteiger partial charge in [0.1, 0.15) is 6.04 Å². The van der Waals surface area contributed by atoms with E-state index in [1.165, 1.54) is 0 Å². The maximum absolute atomic E-state index is 12.9.